The molecule has 3 aliphatic heterocycles. The van der Waals surface area contributed by atoms with Crippen molar-refractivity contribution in [2.45, 2.75) is 89.2 Å². The second-order valence-electron chi connectivity index (χ2n) is 16.5. The fraction of sp³-hybridized carbons (Fsp3) is 0.500. The standard InChI is InChI=1S/C44H50F6N6O4/c1-54-27-36(34-13-17-51-25-35(34)42(54)59)31-8-7-30(22-33(23-31)60-44(48,49)50)26-55-18-3-6-28(14-19-55)4-2-5-29-15-20-56(21-16-29)39-11-9-32(24-37(39)43(45,46)47)52-38-10-12-40(57)53-41(38)58/h7-9,11,13,17,23-25,27-29,38,52H,2-6,10,12,14-16,18-22,26H2,1H3,(H,53,57,58). The van der Waals surface area contributed by atoms with E-state index in [1.54, 1.807) is 42.6 Å². The van der Waals surface area contributed by atoms with E-state index < -0.39 is 36.0 Å². The Kier molecular flexibility index (Phi) is 13.1. The summed E-state index contributed by atoms with van der Waals surface area (Å²) in [7, 11) is 1.60. The molecule has 60 heavy (non-hydrogen) atoms. The van der Waals surface area contributed by atoms with Gasteiger partial charge < -0.3 is 19.5 Å². The van der Waals surface area contributed by atoms with Crippen LogP contribution in [0, 0.1) is 11.8 Å². The first-order valence-corrected chi connectivity index (χ1v) is 20.7. The molecule has 2 N–H and O–H groups in total. The van der Waals surface area contributed by atoms with Gasteiger partial charge in [-0.25, -0.2) is 0 Å². The third-order valence-electron chi connectivity index (χ3n) is 12.2. The molecule has 0 saturated carbocycles. The molecule has 3 saturated heterocycles. The van der Waals surface area contributed by atoms with Crippen LogP contribution in [0.4, 0.5) is 37.7 Å². The number of halogens is 6. The van der Waals surface area contributed by atoms with Crippen molar-refractivity contribution in [3.8, 4) is 0 Å². The monoisotopic (exact) mass is 840 g/mol. The molecule has 0 spiro atoms. The fourth-order valence-corrected chi connectivity index (χ4v) is 9.07. The number of carbonyl (C=O) groups is 2. The second kappa shape index (κ2) is 18.2. The van der Waals surface area contributed by atoms with E-state index in [4.69, 9.17) is 0 Å². The first kappa shape index (κ1) is 43.0. The molecule has 322 valence electrons. The number of nitrogens with one attached hydrogen (secondary N) is 2. The average molecular weight is 841 g/mol. The van der Waals surface area contributed by atoms with Gasteiger partial charge in [0.1, 0.15) is 11.8 Å². The number of fused-ring (bicyclic) bond motifs is 1. The summed E-state index contributed by atoms with van der Waals surface area (Å²) in [6.07, 6.45) is 8.25. The van der Waals surface area contributed by atoms with Gasteiger partial charge in [0.15, 0.2) is 0 Å². The summed E-state index contributed by atoms with van der Waals surface area (Å²) in [6.45, 7) is 3.18. The number of piperidine rings is 2. The Bertz CT molecular complexity index is 2220. The number of imide groups is 1. The Balaban J connectivity index is 0.908. The number of aromatic nitrogens is 2. The van der Waals surface area contributed by atoms with E-state index >= 15 is 0 Å². The van der Waals surface area contributed by atoms with Gasteiger partial charge in [-0.15, -0.1) is 13.2 Å². The van der Waals surface area contributed by atoms with E-state index in [1.807, 2.05) is 6.08 Å². The summed E-state index contributed by atoms with van der Waals surface area (Å²) < 4.78 is 89.5. The number of alkyl halides is 6. The lowest BCUT2D eigenvalue weighted by Gasteiger charge is -2.35. The van der Waals surface area contributed by atoms with Gasteiger partial charge in [-0.1, -0.05) is 31.4 Å². The molecule has 2 atom stereocenters. The van der Waals surface area contributed by atoms with Crippen LogP contribution in [0.25, 0.3) is 16.3 Å². The zero-order valence-electron chi connectivity index (χ0n) is 33.5. The Hall–Kier alpha value is -5.12. The van der Waals surface area contributed by atoms with Gasteiger partial charge in [0.25, 0.3) is 5.56 Å². The number of allylic oxidation sites excluding steroid dienone is 5. The van der Waals surface area contributed by atoms with E-state index in [0.717, 1.165) is 76.1 Å². The number of pyridine rings is 2. The molecule has 5 heterocycles. The van der Waals surface area contributed by atoms with Crippen LogP contribution in [0.5, 0.6) is 0 Å². The maximum Gasteiger partial charge on any atom is 0.572 e. The van der Waals surface area contributed by atoms with Crippen molar-refractivity contribution in [1.29, 1.82) is 0 Å². The number of amides is 2. The molecule has 4 aliphatic rings. The minimum Gasteiger partial charge on any atom is -0.410 e. The molecule has 7 rings (SSSR count). The number of hydrogen-bond donors (Lipinski definition) is 2. The van der Waals surface area contributed by atoms with E-state index in [0.29, 0.717) is 53.4 Å². The molecule has 1 aliphatic carbocycles. The van der Waals surface area contributed by atoms with Gasteiger partial charge in [-0.3, -0.25) is 29.6 Å². The Labute approximate surface area is 344 Å². The van der Waals surface area contributed by atoms with Gasteiger partial charge in [0, 0.05) is 75.1 Å². The van der Waals surface area contributed by atoms with Crippen LogP contribution in [0.2, 0.25) is 0 Å². The fourth-order valence-electron chi connectivity index (χ4n) is 9.07. The van der Waals surface area contributed by atoms with Gasteiger partial charge in [0.05, 0.1) is 10.9 Å². The van der Waals surface area contributed by atoms with Crippen LogP contribution >= 0.6 is 0 Å². The first-order valence-electron chi connectivity index (χ1n) is 20.7. The van der Waals surface area contributed by atoms with Crippen LogP contribution in [-0.4, -0.2) is 71.4 Å². The third-order valence-corrected chi connectivity index (χ3v) is 12.2. The van der Waals surface area contributed by atoms with Crippen LogP contribution in [-0.2, 0) is 27.5 Å². The van der Waals surface area contributed by atoms with Crippen molar-refractivity contribution in [1.82, 2.24) is 19.8 Å². The normalized spacial score (nSPS) is 21.4. The molecule has 0 bridgehead atoms. The van der Waals surface area contributed by atoms with Gasteiger partial charge >= 0.3 is 12.5 Å². The largest absolute Gasteiger partial charge is 0.572 e. The maximum absolute atomic E-state index is 14.3. The van der Waals surface area contributed by atoms with Crippen molar-refractivity contribution < 1.29 is 40.7 Å². The summed E-state index contributed by atoms with van der Waals surface area (Å²) in [5, 5.41) is 6.03. The number of nitrogens with zero attached hydrogens (tertiary/aromatic N) is 4. The highest BCUT2D eigenvalue weighted by molar-refractivity contribution is 6.01. The summed E-state index contributed by atoms with van der Waals surface area (Å²) in [5.74, 6) is -0.224. The number of anilines is 2. The summed E-state index contributed by atoms with van der Waals surface area (Å²) >= 11 is 0. The molecule has 2 unspecified atom stereocenters. The average Bonchev–Trinajstić information content (AvgIpc) is 3.54. The number of hydrogen-bond acceptors (Lipinski definition) is 8. The van der Waals surface area contributed by atoms with E-state index in [-0.39, 0.29) is 42.0 Å². The van der Waals surface area contributed by atoms with Crippen LogP contribution < -0.4 is 21.1 Å². The third kappa shape index (κ3) is 10.8. The number of ether oxygens (including phenoxy) is 1. The molecule has 16 heteroatoms. The molecule has 2 aromatic heterocycles. The van der Waals surface area contributed by atoms with Crippen LogP contribution in [0.1, 0.15) is 81.8 Å². The van der Waals surface area contributed by atoms with Crippen molar-refractivity contribution >= 4 is 39.5 Å². The molecule has 3 aromatic rings. The highest BCUT2D eigenvalue weighted by Gasteiger charge is 2.37. The molecular formula is C44H50F6N6O4. The molecule has 10 nitrogen and oxygen atoms in total. The minimum absolute atomic E-state index is 0.00585. The van der Waals surface area contributed by atoms with Gasteiger partial charge in [-0.2, -0.15) is 13.2 Å². The highest BCUT2D eigenvalue weighted by Crippen LogP contribution is 2.41. The van der Waals surface area contributed by atoms with Crippen LogP contribution in [0.3, 0.4) is 0 Å². The number of benzene rings is 1. The summed E-state index contributed by atoms with van der Waals surface area (Å²) in [4.78, 5) is 44.5. The quantitative estimate of drug-likeness (QED) is 0.146. The predicted octanol–water partition coefficient (Wildman–Crippen LogP) is 8.49. The van der Waals surface area contributed by atoms with Crippen molar-refractivity contribution in [3.05, 3.63) is 93.9 Å². The minimum atomic E-state index is -4.86. The second-order valence-corrected chi connectivity index (χ2v) is 16.5. The van der Waals surface area contributed by atoms with Crippen molar-refractivity contribution in [2.75, 3.05) is 42.9 Å². The Morgan fingerprint density at radius 3 is 2.38 bits per heavy atom. The van der Waals surface area contributed by atoms with E-state index in [1.165, 1.54) is 22.9 Å². The van der Waals surface area contributed by atoms with Crippen molar-refractivity contribution in [2.24, 2.45) is 18.9 Å². The van der Waals surface area contributed by atoms with Crippen molar-refractivity contribution in [3.63, 3.8) is 0 Å². The molecule has 0 radical (unpaired) electrons. The topological polar surface area (TPSA) is 109 Å². The summed E-state index contributed by atoms with van der Waals surface area (Å²) in [6, 6.07) is 4.98. The lowest BCUT2D eigenvalue weighted by atomic mass is 9.87. The Morgan fingerprint density at radius 2 is 1.65 bits per heavy atom. The number of rotatable bonds is 11. The zero-order chi connectivity index (χ0) is 42.6. The lowest BCUT2D eigenvalue weighted by molar-refractivity contribution is -0.306. The molecular weight excluding hydrogens is 791 g/mol. The van der Waals surface area contributed by atoms with E-state index in [9.17, 15) is 40.7 Å². The molecule has 2 amide bonds. The number of carbonyl (C=O) groups excluding carboxylic acids is 2. The zero-order valence-corrected chi connectivity index (χ0v) is 33.5. The van der Waals surface area contributed by atoms with Crippen LogP contribution in [0.15, 0.2) is 77.2 Å². The van der Waals surface area contributed by atoms with E-state index in [2.05, 4.69) is 25.3 Å². The summed E-state index contributed by atoms with van der Waals surface area (Å²) in [5.41, 5.74) is 1.20. The number of likely N-dealkylation sites (tertiary alicyclic amines) is 1. The first-order chi connectivity index (χ1) is 28.6. The number of aryl methyl sites for hydroxylation is 1. The van der Waals surface area contributed by atoms with Gasteiger partial charge in [-0.05, 0) is 110 Å². The molecule has 3 fully saturated rings. The van der Waals surface area contributed by atoms with Gasteiger partial charge in [0.2, 0.25) is 11.8 Å². The Morgan fingerprint density at radius 1 is 0.900 bits per heavy atom. The lowest BCUT2D eigenvalue weighted by Crippen LogP contribution is -2.47. The highest BCUT2D eigenvalue weighted by atomic mass is 19.4. The predicted molar refractivity (Wildman–Crippen MR) is 217 cm³/mol. The smallest absolute Gasteiger partial charge is 0.410 e. The molecule has 1 aromatic carbocycles. The maximum atomic E-state index is 14.3. The SMILES string of the molecule is Cn1cc(C2=CC=C(CN3CCCC(CCCC4CCN(c5ccc(NC6CCC(=O)NC6=O)cc5C(F)(F)F)CC4)CC3)CC(OC(F)(F)F)=C2)c2ccncc2c1=O.